The smallest absolute Gasteiger partial charge is 0.266 e. The fourth-order valence-electron chi connectivity index (χ4n) is 20.3. The fraction of sp³-hybridized carbons (Fsp3) is 0.345. The second kappa shape index (κ2) is 40.4. The van der Waals surface area contributed by atoms with Gasteiger partial charge in [-0.05, 0) is 226 Å². The molecule has 130 heavy (non-hydrogen) atoms. The van der Waals surface area contributed by atoms with Gasteiger partial charge < -0.3 is 43.7 Å². The van der Waals surface area contributed by atoms with Gasteiger partial charge >= 0.3 is 0 Å². The Labute approximate surface area is 827 Å². The molecular weight excluding hydrogens is 1850 g/mol. The molecule has 6 aliphatic rings. The van der Waals surface area contributed by atoms with E-state index in [1.54, 1.807) is 36.4 Å². The molecule has 12 aromatic carbocycles. The predicted octanol–water partition coefficient (Wildman–Crippen LogP) is 32.4. The first kappa shape index (κ1) is 103. The quantitative estimate of drug-likeness (QED) is 0.0715. The van der Waals surface area contributed by atoms with Crippen LogP contribution in [0.5, 0.6) is 51.7 Å². The molecule has 6 heterocycles. The first-order chi connectivity index (χ1) is 60.4. The molecule has 6 atom stereocenters. The number of thiol groups is 3. The summed E-state index contributed by atoms with van der Waals surface area (Å²) in [7, 11) is 0. The second-order valence-corrected chi connectivity index (χ2v) is 47.7. The molecule has 0 spiro atoms. The number of ether oxygens (including phenoxy) is 6. The van der Waals surface area contributed by atoms with E-state index in [0.29, 0.717) is 17.2 Å². The van der Waals surface area contributed by atoms with Gasteiger partial charge in [0, 0.05) is 119 Å². The molecule has 6 aliphatic heterocycles. The predicted molar refractivity (Wildman–Crippen MR) is 551 cm³/mol. The number of hydrogen-bond acceptors (Lipinski definition) is 12. The molecule has 0 aromatic heterocycles. The van der Waals surface area contributed by atoms with Gasteiger partial charge in [0.1, 0.15) is 85.4 Å². The molecule has 0 aliphatic carbocycles. The topological polar surface area (TPSA) is 116 Å². The van der Waals surface area contributed by atoms with Crippen molar-refractivity contribution in [3.05, 3.63) is 358 Å². The van der Waals surface area contributed by atoms with Crippen molar-refractivity contribution in [3.63, 3.8) is 0 Å². The van der Waals surface area contributed by atoms with Gasteiger partial charge in [-0.15, -0.1) is 37.9 Å². The van der Waals surface area contributed by atoms with E-state index in [0.717, 1.165) is 87.7 Å². The van der Waals surface area contributed by atoms with E-state index >= 15 is 0 Å². The molecule has 0 amide bonds. The van der Waals surface area contributed by atoms with Crippen molar-refractivity contribution in [1.29, 1.82) is 0 Å². The van der Waals surface area contributed by atoms with E-state index in [2.05, 4.69) is 326 Å². The molecule has 0 radical (unpaired) electrons. The Morgan fingerprint density at radius 1 is 0.200 bits per heavy atom. The third kappa shape index (κ3) is 26.0. The second-order valence-electron chi connectivity index (χ2n) is 39.3. The van der Waals surface area contributed by atoms with Crippen molar-refractivity contribution in [2.75, 3.05) is 0 Å². The Hall–Kier alpha value is -7.79. The van der Waals surface area contributed by atoms with Gasteiger partial charge in [-0.1, -0.05) is 316 Å². The minimum atomic E-state index is -1.61. The Bertz CT molecular complexity index is 4910. The number of benzene rings is 12. The van der Waals surface area contributed by atoms with Crippen LogP contribution >= 0.6 is 131 Å². The highest BCUT2D eigenvalue weighted by Gasteiger charge is 2.49. The molecule has 20 heteroatoms. The highest BCUT2D eigenvalue weighted by Crippen LogP contribution is 2.56. The first-order valence-corrected chi connectivity index (χ1v) is 47.8. The molecule has 0 bridgehead atoms. The number of fused-ring (bicyclic) bond motifs is 6. The van der Waals surface area contributed by atoms with Crippen LogP contribution in [0.2, 0.25) is 0 Å². The van der Waals surface area contributed by atoms with Crippen LogP contribution in [0.15, 0.2) is 306 Å². The summed E-state index contributed by atoms with van der Waals surface area (Å²) < 4.78 is 33.5. The molecule has 3 N–H and O–H groups in total. The maximum atomic E-state index is 9.51. The van der Waals surface area contributed by atoms with Gasteiger partial charge in [0.05, 0.1) is 0 Å². The number of aromatic hydroxyl groups is 3. The Kier molecular flexibility index (Phi) is 31.9. The highest BCUT2D eigenvalue weighted by molar-refractivity contribution is 7.80. The number of phenols is 3. The van der Waals surface area contributed by atoms with E-state index in [1.165, 1.54) is 66.8 Å². The lowest BCUT2D eigenvalue weighted by molar-refractivity contribution is 0.0578. The molecule has 688 valence electrons. The number of hydrogen-bond donors (Lipinski definition) is 6. The van der Waals surface area contributed by atoms with Crippen LogP contribution in [0.25, 0.3) is 0 Å². The van der Waals surface area contributed by atoms with Gasteiger partial charge in [-0.25, -0.2) is 0 Å². The van der Waals surface area contributed by atoms with Crippen LogP contribution in [-0.4, -0.2) is 55.4 Å². The van der Waals surface area contributed by atoms with Crippen LogP contribution in [-0.2, 0) is 32.5 Å². The summed E-state index contributed by atoms with van der Waals surface area (Å²) in [4.78, 5) is 2.99. The summed E-state index contributed by atoms with van der Waals surface area (Å²) in [6.07, 6.45) is 5.60. The van der Waals surface area contributed by atoms with Gasteiger partial charge in [0.2, 0.25) is 0 Å². The first-order valence-electron chi connectivity index (χ1n) is 43.4. The monoisotopic (exact) mass is 1960 g/mol. The standard InChI is InChI=1S/3C18H20O2.3C18H20OS.2CCl4/c3*1-17(2)12-18(3,13-8-10-14(19)11-9-13)15-6-4-5-7-16(15)20-17;3*1-17(2)12-18(3,13-8-10-14(20)11-9-13)15-6-4-5-7-16(15)19-17;2*2-1(3,4)5/h3*4-11,19H,12H2,1-3H3;3*4-11,20H,12H2,1-3H3;;/t6*18-;;/m111000../s1. The van der Waals surface area contributed by atoms with E-state index < -0.39 is 6.50 Å². The van der Waals surface area contributed by atoms with Crippen molar-refractivity contribution < 1.29 is 43.7 Å². The average Bonchev–Trinajstić information content (AvgIpc) is 0.774. The van der Waals surface area contributed by atoms with Gasteiger partial charge in [0.15, 0.2) is 0 Å². The summed E-state index contributed by atoms with van der Waals surface area (Å²) in [5.74, 6) is 6.78. The van der Waals surface area contributed by atoms with Crippen LogP contribution in [0.1, 0.15) is 230 Å². The minimum absolute atomic E-state index is 0.0280. The lowest BCUT2D eigenvalue weighted by Crippen LogP contribution is -2.43. The zero-order valence-corrected chi connectivity index (χ0v) is 85.8. The van der Waals surface area contributed by atoms with Gasteiger partial charge in [-0.3, -0.25) is 0 Å². The lowest BCUT2D eigenvalue weighted by atomic mass is 9.68. The Balaban J connectivity index is 0.000000147. The SMILES string of the molecule is CC1(C)C[C@@](C)(c2ccc(S)cc2)c2ccccc2O1.CC1(C)C[C@@](C)(c2ccc(S)cc2)c2ccccc2O1.CC1(C)C[C@@](C)(c2ccc(S)cc2)c2ccccc2O1.CC1(C)C[C@](C)(c2ccc(O)cc2)c2ccccc2O1.CC1(C)C[C@](C)(c2ccc(O)cc2)c2ccccc2O1.CC1(C)C[C@](C)(c2ccc(O)cc2)c2ccccc2O1.ClC(Cl)(Cl)Cl.ClC(Cl)(Cl)Cl. The molecule has 0 unspecified atom stereocenters. The van der Waals surface area contributed by atoms with Crippen molar-refractivity contribution in [2.24, 2.45) is 0 Å². The number of rotatable bonds is 6. The highest BCUT2D eigenvalue weighted by atomic mass is 35.6. The van der Waals surface area contributed by atoms with E-state index in [9.17, 15) is 15.3 Å². The number of para-hydroxylation sites is 6. The third-order valence-electron chi connectivity index (χ3n) is 24.9. The summed E-state index contributed by atoms with van der Waals surface area (Å²) in [6.45, 7) is 39.4. The zero-order valence-electron chi connectivity index (χ0n) is 77.1. The summed E-state index contributed by atoms with van der Waals surface area (Å²) in [6, 6.07) is 97.9. The maximum absolute atomic E-state index is 9.51. The Morgan fingerprint density at radius 3 is 0.446 bits per heavy atom. The van der Waals surface area contributed by atoms with Gasteiger partial charge in [-0.2, -0.15) is 0 Å². The van der Waals surface area contributed by atoms with Crippen LogP contribution in [0.4, 0.5) is 0 Å². The lowest BCUT2D eigenvalue weighted by Gasteiger charge is -2.44. The number of phenolic OH excluding ortho intramolecular Hbond substituents is 3. The van der Waals surface area contributed by atoms with Crippen molar-refractivity contribution in [3.8, 4) is 51.7 Å². The number of halogens is 8. The minimum Gasteiger partial charge on any atom is -0.508 e. The summed E-state index contributed by atoms with van der Waals surface area (Å²) >= 11 is 51.8. The summed E-state index contributed by atoms with van der Waals surface area (Å²) in [5, 5.41) is 28.5. The zero-order chi connectivity index (χ0) is 95.3. The van der Waals surface area contributed by atoms with E-state index in [4.69, 9.17) is 121 Å². The van der Waals surface area contributed by atoms with Crippen LogP contribution in [0, 0.1) is 0 Å². The fourth-order valence-corrected chi connectivity index (χ4v) is 20.7. The largest absolute Gasteiger partial charge is 0.508 e. The van der Waals surface area contributed by atoms with E-state index in [1.807, 2.05) is 91.0 Å². The average molecular weight is 1970 g/mol. The molecular formula is C110H120Cl8O9S3. The molecule has 9 nitrogen and oxygen atoms in total. The van der Waals surface area contributed by atoms with Crippen LogP contribution in [0.3, 0.4) is 0 Å². The Morgan fingerprint density at radius 2 is 0.315 bits per heavy atom. The van der Waals surface area contributed by atoms with Crippen LogP contribution < -0.4 is 28.4 Å². The molecule has 18 rings (SSSR count). The van der Waals surface area contributed by atoms with Crippen molar-refractivity contribution in [1.82, 2.24) is 0 Å². The van der Waals surface area contributed by atoms with E-state index in [-0.39, 0.29) is 66.1 Å². The molecule has 0 fully saturated rings. The molecule has 0 saturated carbocycles. The normalized spacial score (nSPS) is 22.9. The van der Waals surface area contributed by atoms with Crippen molar-refractivity contribution >= 4 is 131 Å². The molecule has 12 aromatic rings. The third-order valence-corrected chi connectivity index (χ3v) is 25.8. The summed E-state index contributed by atoms with van der Waals surface area (Å²) in [5.41, 5.74) is 13.5. The van der Waals surface area contributed by atoms with Crippen molar-refractivity contribution in [2.45, 2.75) is 250 Å². The van der Waals surface area contributed by atoms with Gasteiger partial charge in [0.25, 0.3) is 6.50 Å². The molecule has 0 saturated heterocycles. The number of alkyl halides is 8. The maximum Gasteiger partial charge on any atom is 0.266 e.